The molecule has 0 aliphatic heterocycles. The summed E-state index contributed by atoms with van der Waals surface area (Å²) in [5, 5.41) is 8.19. The van der Waals surface area contributed by atoms with Crippen molar-refractivity contribution in [3.05, 3.63) is 0 Å². The van der Waals surface area contributed by atoms with Crippen LogP contribution >= 0.6 is 8.69 Å². The average Bonchev–Trinajstić information content (AvgIpc) is 1.90. The van der Waals surface area contributed by atoms with Gasteiger partial charge in [-0.05, 0) is 6.42 Å². The Morgan fingerprint density at radius 3 is 2.08 bits per heavy atom. The Bertz CT molecular complexity index is 122. The minimum Gasteiger partial charge on any atom is -0.480 e. The Balaban J connectivity index is -0.000000177. The maximum atomic E-state index is 9.96. The van der Waals surface area contributed by atoms with E-state index in [1.807, 2.05) is 6.92 Å². The van der Waals surface area contributed by atoms with Crippen LogP contribution in [0.25, 0.3) is 0 Å². The predicted octanol–water partition coefficient (Wildman–Crippen LogP) is 0.0104. The van der Waals surface area contributed by atoms with Crippen molar-refractivity contribution in [3.63, 3.8) is 0 Å². The molecule has 12 heavy (non-hydrogen) atoms. The summed E-state index contributed by atoms with van der Waals surface area (Å²) in [5.41, 5.74) is 5.13. The van der Waals surface area contributed by atoms with E-state index in [-0.39, 0.29) is 6.15 Å². The highest BCUT2D eigenvalue weighted by atomic mass is 31.1. The van der Waals surface area contributed by atoms with Gasteiger partial charge in [0.15, 0.2) is 8.69 Å². The second-order valence-electron chi connectivity index (χ2n) is 1.84. The minimum absolute atomic E-state index is 0. The maximum Gasteiger partial charge on any atom is 0.320 e. The van der Waals surface area contributed by atoms with E-state index in [9.17, 15) is 4.79 Å². The van der Waals surface area contributed by atoms with Crippen molar-refractivity contribution in [2.45, 2.75) is 25.8 Å². The SMILES string of the molecule is CCCC(N)C(=O)O.N.O=[PH2]O. The van der Waals surface area contributed by atoms with Gasteiger partial charge in [0, 0.05) is 0 Å². The smallest absolute Gasteiger partial charge is 0.320 e. The highest BCUT2D eigenvalue weighted by Crippen LogP contribution is 1.91. The third-order valence-electron chi connectivity index (χ3n) is 0.917. The molecule has 0 heterocycles. The molecule has 2 unspecified atom stereocenters. The van der Waals surface area contributed by atoms with Crippen LogP contribution in [0.5, 0.6) is 0 Å². The molecule has 0 saturated carbocycles. The fraction of sp³-hybridized carbons (Fsp3) is 0.800. The van der Waals surface area contributed by atoms with E-state index in [4.69, 9.17) is 20.3 Å². The number of carboxylic acid groups (broad SMARTS) is 1. The van der Waals surface area contributed by atoms with Gasteiger partial charge in [-0.2, -0.15) is 0 Å². The summed E-state index contributed by atoms with van der Waals surface area (Å²) >= 11 is 0. The van der Waals surface area contributed by atoms with E-state index in [0.29, 0.717) is 6.42 Å². The van der Waals surface area contributed by atoms with Crippen LogP contribution in [0.15, 0.2) is 0 Å². The first kappa shape index (κ1) is 17.6. The normalized spacial score (nSPS) is 11.2. The molecule has 0 aliphatic carbocycles. The third kappa shape index (κ3) is 16.3. The summed E-state index contributed by atoms with van der Waals surface area (Å²) in [5.74, 6) is -0.910. The van der Waals surface area contributed by atoms with Gasteiger partial charge >= 0.3 is 5.97 Å². The fourth-order valence-corrected chi connectivity index (χ4v) is 0.434. The zero-order valence-electron chi connectivity index (χ0n) is 7.06. The van der Waals surface area contributed by atoms with E-state index >= 15 is 0 Å². The second kappa shape index (κ2) is 13.2. The highest BCUT2D eigenvalue weighted by molar-refractivity contribution is 7.16. The summed E-state index contributed by atoms with van der Waals surface area (Å²) in [7, 11) is -1.50. The molecule has 0 aromatic carbocycles. The lowest BCUT2D eigenvalue weighted by Crippen LogP contribution is -2.29. The van der Waals surface area contributed by atoms with Gasteiger partial charge < -0.3 is 21.9 Å². The Kier molecular flexibility index (Phi) is 19.4. The molecule has 76 valence electrons. The number of aliphatic carboxylic acids is 1. The molecule has 0 fully saturated rings. The molecule has 2 atom stereocenters. The van der Waals surface area contributed by atoms with E-state index in [0.717, 1.165) is 6.42 Å². The number of nitrogens with two attached hydrogens (primary N) is 1. The summed E-state index contributed by atoms with van der Waals surface area (Å²) in [6, 6.07) is -0.667. The first-order valence-corrected chi connectivity index (χ1v) is 4.15. The van der Waals surface area contributed by atoms with Crippen molar-refractivity contribution in [2.75, 3.05) is 0 Å². The molecule has 0 aromatic heterocycles. The van der Waals surface area contributed by atoms with Crippen molar-refractivity contribution >= 4 is 14.7 Å². The van der Waals surface area contributed by atoms with Crippen molar-refractivity contribution in [1.82, 2.24) is 6.15 Å². The molecular weight excluding hydrogens is 183 g/mol. The predicted molar refractivity (Wildman–Crippen MR) is 48.2 cm³/mol. The molecule has 7 N–H and O–H groups in total. The largest absolute Gasteiger partial charge is 0.480 e. The van der Waals surface area contributed by atoms with E-state index in [1.54, 1.807) is 0 Å². The van der Waals surface area contributed by atoms with E-state index in [2.05, 4.69) is 0 Å². The molecule has 0 aliphatic rings. The van der Waals surface area contributed by atoms with Crippen LogP contribution in [0.4, 0.5) is 0 Å². The molecular formula is C5H17N2O4P. The lowest BCUT2D eigenvalue weighted by Gasteiger charge is -2.00. The molecule has 0 rings (SSSR count). The summed E-state index contributed by atoms with van der Waals surface area (Å²) < 4.78 is 8.57. The summed E-state index contributed by atoms with van der Waals surface area (Å²) in [4.78, 5) is 17.1. The van der Waals surface area contributed by atoms with Gasteiger partial charge in [-0.15, -0.1) is 0 Å². The molecule has 0 saturated heterocycles. The van der Waals surface area contributed by atoms with Crippen molar-refractivity contribution in [1.29, 1.82) is 0 Å². The van der Waals surface area contributed by atoms with Gasteiger partial charge in [0.2, 0.25) is 0 Å². The van der Waals surface area contributed by atoms with E-state index < -0.39 is 20.7 Å². The number of hydrogen-bond donors (Lipinski definition) is 4. The molecule has 0 aromatic rings. The number of rotatable bonds is 3. The first-order valence-electron chi connectivity index (χ1n) is 3.16. The van der Waals surface area contributed by atoms with Crippen molar-refractivity contribution < 1.29 is 19.4 Å². The Hall–Kier alpha value is -0.420. The van der Waals surface area contributed by atoms with Gasteiger partial charge in [0.25, 0.3) is 0 Å². The zero-order valence-corrected chi connectivity index (χ0v) is 8.22. The topological polar surface area (TPSA) is 136 Å². The summed E-state index contributed by atoms with van der Waals surface area (Å²) in [6.45, 7) is 1.91. The van der Waals surface area contributed by atoms with Crippen LogP contribution in [0.3, 0.4) is 0 Å². The zero-order chi connectivity index (χ0) is 9.28. The van der Waals surface area contributed by atoms with Gasteiger partial charge in [-0.1, -0.05) is 13.3 Å². The Labute approximate surface area is 72.6 Å². The van der Waals surface area contributed by atoms with Crippen molar-refractivity contribution in [3.8, 4) is 0 Å². The molecule has 6 nitrogen and oxygen atoms in total. The third-order valence-corrected chi connectivity index (χ3v) is 0.917. The number of carbonyl (C=O) groups is 1. The van der Waals surface area contributed by atoms with Crippen LogP contribution in [0, 0.1) is 0 Å². The monoisotopic (exact) mass is 200 g/mol. The molecule has 0 bridgehead atoms. The fourth-order valence-electron chi connectivity index (χ4n) is 0.434. The van der Waals surface area contributed by atoms with Crippen LogP contribution in [-0.4, -0.2) is 22.0 Å². The van der Waals surface area contributed by atoms with Crippen LogP contribution in [0.1, 0.15) is 19.8 Å². The molecule has 0 spiro atoms. The van der Waals surface area contributed by atoms with Crippen LogP contribution in [-0.2, 0) is 9.36 Å². The minimum atomic E-state index is -1.50. The highest BCUT2D eigenvalue weighted by Gasteiger charge is 2.07. The van der Waals surface area contributed by atoms with Gasteiger partial charge in [-0.3, -0.25) is 9.36 Å². The van der Waals surface area contributed by atoms with E-state index in [1.165, 1.54) is 0 Å². The number of carboxylic acids is 1. The molecule has 0 amide bonds. The molecule has 0 radical (unpaired) electrons. The second-order valence-corrected chi connectivity index (χ2v) is 2.05. The van der Waals surface area contributed by atoms with Crippen LogP contribution in [0.2, 0.25) is 0 Å². The lowest BCUT2D eigenvalue weighted by molar-refractivity contribution is -0.138. The summed E-state index contributed by atoms with van der Waals surface area (Å²) in [6.07, 6.45) is 1.39. The Morgan fingerprint density at radius 1 is 1.67 bits per heavy atom. The first-order chi connectivity index (χ1) is 5.09. The maximum absolute atomic E-state index is 9.96. The van der Waals surface area contributed by atoms with Gasteiger partial charge in [0.1, 0.15) is 6.04 Å². The Morgan fingerprint density at radius 2 is 2.00 bits per heavy atom. The average molecular weight is 200 g/mol. The van der Waals surface area contributed by atoms with Gasteiger partial charge in [0.05, 0.1) is 0 Å². The van der Waals surface area contributed by atoms with Crippen LogP contribution < -0.4 is 11.9 Å². The molecule has 7 heteroatoms. The van der Waals surface area contributed by atoms with Gasteiger partial charge in [-0.25, -0.2) is 0 Å². The van der Waals surface area contributed by atoms with Crippen molar-refractivity contribution in [2.24, 2.45) is 5.73 Å². The number of hydrogen-bond acceptors (Lipinski definition) is 4. The standard InChI is InChI=1S/C5H11NO2.H3N.H3O2P/c1-2-3-4(6)5(7)8;;1-3-2/h4H,2-3,6H2,1H3,(H,7,8);1H3;3H2,(H,1,2). The quantitative estimate of drug-likeness (QED) is 0.474. The lowest BCUT2D eigenvalue weighted by atomic mass is 10.2.